The zero-order chi connectivity index (χ0) is 14.2. The molecule has 0 radical (unpaired) electrons. The van der Waals surface area contributed by atoms with Gasteiger partial charge in [0.25, 0.3) is 5.56 Å². The van der Waals surface area contributed by atoms with Gasteiger partial charge in [-0.2, -0.15) is 0 Å². The van der Waals surface area contributed by atoms with Gasteiger partial charge in [0.15, 0.2) is 0 Å². The van der Waals surface area contributed by atoms with Crippen LogP contribution in [0, 0.1) is 0 Å². The van der Waals surface area contributed by atoms with E-state index in [9.17, 15) is 9.90 Å². The van der Waals surface area contributed by atoms with Crippen LogP contribution in [-0.2, 0) is 0 Å². The number of benzene rings is 1. The Morgan fingerprint density at radius 3 is 2.85 bits per heavy atom. The van der Waals surface area contributed by atoms with Gasteiger partial charge >= 0.3 is 0 Å². The SMILES string of the molecule is Nc1cc2c(=O)[nH]cnc2cc1NC1(CO)CCCC1. The molecule has 1 fully saturated rings. The molecule has 1 aromatic carbocycles. The van der Waals surface area contributed by atoms with E-state index in [1.807, 2.05) is 0 Å². The number of fused-ring (bicyclic) bond motifs is 1. The van der Waals surface area contributed by atoms with Crippen LogP contribution < -0.4 is 16.6 Å². The highest BCUT2D eigenvalue weighted by Gasteiger charge is 2.33. The first kappa shape index (κ1) is 12.9. The number of hydrogen-bond acceptors (Lipinski definition) is 5. The number of aromatic nitrogens is 2. The Morgan fingerprint density at radius 1 is 1.40 bits per heavy atom. The maximum absolute atomic E-state index is 11.7. The van der Waals surface area contributed by atoms with Crippen molar-refractivity contribution in [2.24, 2.45) is 0 Å². The van der Waals surface area contributed by atoms with Gasteiger partial charge < -0.3 is 21.1 Å². The van der Waals surface area contributed by atoms with Crippen LogP contribution in [-0.4, -0.2) is 27.2 Å². The molecule has 1 aromatic heterocycles. The minimum Gasteiger partial charge on any atom is -0.397 e. The van der Waals surface area contributed by atoms with Gasteiger partial charge in [0.2, 0.25) is 0 Å². The van der Waals surface area contributed by atoms with Gasteiger partial charge in [-0.05, 0) is 25.0 Å². The van der Waals surface area contributed by atoms with Gasteiger partial charge in [-0.1, -0.05) is 12.8 Å². The van der Waals surface area contributed by atoms with Crippen molar-refractivity contribution < 1.29 is 5.11 Å². The molecule has 106 valence electrons. The molecule has 0 spiro atoms. The molecule has 6 heteroatoms. The highest BCUT2D eigenvalue weighted by atomic mass is 16.3. The number of nitrogens with two attached hydrogens (primary N) is 1. The van der Waals surface area contributed by atoms with Crippen molar-refractivity contribution in [2.75, 3.05) is 17.7 Å². The zero-order valence-electron chi connectivity index (χ0n) is 11.1. The summed E-state index contributed by atoms with van der Waals surface area (Å²) in [7, 11) is 0. The summed E-state index contributed by atoms with van der Waals surface area (Å²) < 4.78 is 0. The fraction of sp³-hybridized carbons (Fsp3) is 0.429. The number of nitrogen functional groups attached to an aromatic ring is 1. The Bertz CT molecular complexity index is 689. The van der Waals surface area contributed by atoms with Crippen LogP contribution in [0.25, 0.3) is 10.9 Å². The molecule has 0 unspecified atom stereocenters. The molecular formula is C14H18N4O2. The van der Waals surface area contributed by atoms with Crippen molar-refractivity contribution in [1.82, 2.24) is 9.97 Å². The average molecular weight is 274 g/mol. The lowest BCUT2D eigenvalue weighted by molar-refractivity contribution is 0.214. The number of H-pyrrole nitrogens is 1. The van der Waals surface area contributed by atoms with Crippen LogP contribution in [0.2, 0.25) is 0 Å². The van der Waals surface area contributed by atoms with E-state index in [-0.39, 0.29) is 17.7 Å². The predicted octanol–water partition coefficient (Wildman–Crippen LogP) is 1.22. The Balaban J connectivity index is 2.03. The third-order valence-corrected chi connectivity index (χ3v) is 4.07. The monoisotopic (exact) mass is 274 g/mol. The van der Waals surface area contributed by atoms with E-state index in [4.69, 9.17) is 5.73 Å². The number of aromatic amines is 1. The van der Waals surface area contributed by atoms with Gasteiger partial charge in [0.05, 0.1) is 40.8 Å². The van der Waals surface area contributed by atoms with Gasteiger partial charge in [0, 0.05) is 0 Å². The van der Waals surface area contributed by atoms with Crippen LogP contribution in [0.1, 0.15) is 25.7 Å². The Hall–Kier alpha value is -2.08. The summed E-state index contributed by atoms with van der Waals surface area (Å²) in [5.74, 6) is 0. The van der Waals surface area contributed by atoms with E-state index < -0.39 is 0 Å². The number of hydrogen-bond donors (Lipinski definition) is 4. The van der Waals surface area contributed by atoms with Crippen molar-refractivity contribution in [3.05, 3.63) is 28.8 Å². The van der Waals surface area contributed by atoms with Crippen molar-refractivity contribution in [3.8, 4) is 0 Å². The summed E-state index contributed by atoms with van der Waals surface area (Å²) in [6, 6.07) is 3.40. The largest absolute Gasteiger partial charge is 0.397 e. The molecule has 0 atom stereocenters. The average Bonchev–Trinajstić information content (AvgIpc) is 2.90. The first-order valence-electron chi connectivity index (χ1n) is 6.79. The predicted molar refractivity (Wildman–Crippen MR) is 78.7 cm³/mol. The number of anilines is 2. The molecule has 5 N–H and O–H groups in total. The first-order chi connectivity index (χ1) is 9.63. The summed E-state index contributed by atoms with van der Waals surface area (Å²) >= 11 is 0. The molecule has 1 aliphatic rings. The van der Waals surface area contributed by atoms with E-state index in [0.717, 1.165) is 31.4 Å². The molecule has 0 bridgehead atoms. The van der Waals surface area contributed by atoms with Crippen molar-refractivity contribution in [3.63, 3.8) is 0 Å². The highest BCUT2D eigenvalue weighted by molar-refractivity contribution is 5.88. The molecule has 1 saturated carbocycles. The maximum atomic E-state index is 11.7. The van der Waals surface area contributed by atoms with Gasteiger partial charge in [-0.3, -0.25) is 4.79 Å². The molecule has 0 aliphatic heterocycles. The summed E-state index contributed by atoms with van der Waals surface area (Å²) in [6.07, 6.45) is 5.41. The second-order valence-electron chi connectivity index (χ2n) is 5.46. The molecule has 3 rings (SSSR count). The van der Waals surface area contributed by atoms with E-state index in [1.165, 1.54) is 6.33 Å². The molecule has 1 aliphatic carbocycles. The van der Waals surface area contributed by atoms with E-state index in [2.05, 4.69) is 15.3 Å². The van der Waals surface area contributed by atoms with E-state index in [1.54, 1.807) is 12.1 Å². The van der Waals surface area contributed by atoms with Crippen LogP contribution in [0.4, 0.5) is 11.4 Å². The van der Waals surface area contributed by atoms with Crippen LogP contribution >= 0.6 is 0 Å². The van der Waals surface area contributed by atoms with Crippen molar-refractivity contribution in [2.45, 2.75) is 31.2 Å². The number of nitrogens with one attached hydrogen (secondary N) is 2. The Labute approximate surface area is 116 Å². The molecule has 2 aromatic rings. The van der Waals surface area contributed by atoms with Crippen LogP contribution in [0.3, 0.4) is 0 Å². The van der Waals surface area contributed by atoms with Gasteiger partial charge in [-0.15, -0.1) is 0 Å². The van der Waals surface area contributed by atoms with Gasteiger partial charge in [0.1, 0.15) is 0 Å². The second kappa shape index (κ2) is 4.79. The maximum Gasteiger partial charge on any atom is 0.258 e. The molecule has 0 amide bonds. The third-order valence-electron chi connectivity index (χ3n) is 4.07. The number of nitrogens with zero attached hydrogens (tertiary/aromatic N) is 1. The molecule has 20 heavy (non-hydrogen) atoms. The Morgan fingerprint density at radius 2 is 2.15 bits per heavy atom. The fourth-order valence-corrected chi connectivity index (χ4v) is 2.90. The molecule has 1 heterocycles. The van der Waals surface area contributed by atoms with Crippen molar-refractivity contribution in [1.29, 1.82) is 0 Å². The van der Waals surface area contributed by atoms with Crippen LogP contribution in [0.15, 0.2) is 23.3 Å². The van der Waals surface area contributed by atoms with E-state index in [0.29, 0.717) is 16.6 Å². The second-order valence-corrected chi connectivity index (χ2v) is 5.46. The first-order valence-corrected chi connectivity index (χ1v) is 6.79. The zero-order valence-corrected chi connectivity index (χ0v) is 11.1. The topological polar surface area (TPSA) is 104 Å². The lowest BCUT2D eigenvalue weighted by Crippen LogP contribution is -2.39. The van der Waals surface area contributed by atoms with Gasteiger partial charge in [-0.25, -0.2) is 4.98 Å². The molecule has 0 saturated heterocycles. The smallest absolute Gasteiger partial charge is 0.258 e. The Kier molecular flexibility index (Phi) is 3.10. The lowest BCUT2D eigenvalue weighted by atomic mass is 9.98. The van der Waals surface area contributed by atoms with E-state index >= 15 is 0 Å². The quantitative estimate of drug-likeness (QED) is 0.630. The fourth-order valence-electron chi connectivity index (χ4n) is 2.90. The number of rotatable bonds is 3. The number of aliphatic hydroxyl groups excluding tert-OH is 1. The third kappa shape index (κ3) is 2.12. The summed E-state index contributed by atoms with van der Waals surface area (Å²) in [5, 5.41) is 13.5. The normalized spacial score (nSPS) is 17.4. The van der Waals surface area contributed by atoms with Crippen LogP contribution in [0.5, 0.6) is 0 Å². The molecule has 6 nitrogen and oxygen atoms in total. The van der Waals surface area contributed by atoms with Crippen molar-refractivity contribution >= 4 is 22.3 Å². The summed E-state index contributed by atoms with van der Waals surface area (Å²) in [6.45, 7) is 0.0767. The summed E-state index contributed by atoms with van der Waals surface area (Å²) in [4.78, 5) is 18.4. The number of aliphatic hydroxyl groups is 1. The summed E-state index contributed by atoms with van der Waals surface area (Å²) in [5.41, 5.74) is 7.34. The highest BCUT2D eigenvalue weighted by Crippen LogP contribution is 2.35. The minimum atomic E-state index is -0.303. The minimum absolute atomic E-state index is 0.0767. The standard InChI is InChI=1S/C14H18N4O2/c15-10-5-9-11(16-8-17-13(9)20)6-12(10)18-14(7-19)3-1-2-4-14/h5-6,8,18-19H,1-4,7,15H2,(H,16,17,20). The molecular weight excluding hydrogens is 256 g/mol. The lowest BCUT2D eigenvalue weighted by Gasteiger charge is -2.30.